The van der Waals surface area contributed by atoms with Gasteiger partial charge >= 0.3 is 5.97 Å². The van der Waals surface area contributed by atoms with Gasteiger partial charge in [-0.1, -0.05) is 37.0 Å². The minimum Gasteiger partial charge on any atom is -0.495 e. The Morgan fingerprint density at radius 1 is 1.32 bits per heavy atom. The van der Waals surface area contributed by atoms with Crippen LogP contribution in [0.2, 0.25) is 10.0 Å². The number of benzene rings is 1. The minimum absolute atomic E-state index is 0.00118. The molecule has 0 aromatic heterocycles. The normalized spacial score (nSPS) is 13.2. The summed E-state index contributed by atoms with van der Waals surface area (Å²) in [7, 11) is -2.76. The van der Waals surface area contributed by atoms with E-state index in [0.717, 1.165) is 6.07 Å². The van der Waals surface area contributed by atoms with Gasteiger partial charge in [-0.2, -0.15) is 4.72 Å². The molecule has 9 heteroatoms. The lowest BCUT2D eigenvalue weighted by Gasteiger charge is -2.17. The largest absolute Gasteiger partial charge is 0.495 e. The van der Waals surface area contributed by atoms with Crippen LogP contribution in [0, 0.1) is 5.92 Å². The van der Waals surface area contributed by atoms with Crippen LogP contribution in [-0.2, 0) is 14.8 Å². The Labute approximate surface area is 139 Å². The maximum absolute atomic E-state index is 12.3. The summed E-state index contributed by atoms with van der Waals surface area (Å²) in [6, 6.07) is 1.14. The summed E-state index contributed by atoms with van der Waals surface area (Å²) in [6.07, 6.45) is 0.149. The number of carboxylic acid groups (broad SMARTS) is 1. The monoisotopic (exact) mass is 369 g/mol. The van der Waals surface area contributed by atoms with Gasteiger partial charge in [-0.05, 0) is 18.4 Å². The van der Waals surface area contributed by atoms with Gasteiger partial charge in [0.1, 0.15) is 16.7 Å². The first-order valence-corrected chi connectivity index (χ1v) is 8.60. The number of carbonyl (C=O) groups is 1. The summed E-state index contributed by atoms with van der Waals surface area (Å²) in [6.45, 7) is 3.59. The molecule has 0 bridgehead atoms. The fourth-order valence-electron chi connectivity index (χ4n) is 1.79. The van der Waals surface area contributed by atoms with Gasteiger partial charge in [0.25, 0.3) is 0 Å². The van der Waals surface area contributed by atoms with Crippen molar-refractivity contribution >= 4 is 39.2 Å². The van der Waals surface area contributed by atoms with Crippen LogP contribution >= 0.6 is 23.2 Å². The second kappa shape index (κ2) is 7.50. The second-order valence-corrected chi connectivity index (χ2v) is 7.56. The number of aliphatic carboxylic acids is 1. The highest BCUT2D eigenvalue weighted by atomic mass is 35.5. The molecule has 0 unspecified atom stereocenters. The first-order chi connectivity index (χ1) is 10.1. The Balaban J connectivity index is 3.18. The molecule has 2 N–H and O–H groups in total. The van der Waals surface area contributed by atoms with Crippen LogP contribution in [0.5, 0.6) is 5.75 Å². The van der Waals surface area contributed by atoms with Gasteiger partial charge in [0.2, 0.25) is 10.0 Å². The van der Waals surface area contributed by atoms with Gasteiger partial charge in [-0.25, -0.2) is 8.42 Å². The molecule has 22 heavy (non-hydrogen) atoms. The van der Waals surface area contributed by atoms with Crippen molar-refractivity contribution in [2.24, 2.45) is 5.92 Å². The molecule has 1 rings (SSSR count). The summed E-state index contributed by atoms with van der Waals surface area (Å²) in [5.74, 6) is -1.03. The first kappa shape index (κ1) is 19.0. The standard InChI is InChI=1S/C13H17Cl2NO5S/c1-7(2)4-10(13(17)18)16-22(19,20)12-6-8(14)11(21-3)5-9(12)15/h5-7,10,16H,4H2,1-3H3,(H,17,18)/t10-/m1/s1. The number of methoxy groups -OCH3 is 1. The van der Waals surface area contributed by atoms with E-state index in [1.54, 1.807) is 13.8 Å². The van der Waals surface area contributed by atoms with Crippen molar-refractivity contribution in [3.05, 3.63) is 22.2 Å². The van der Waals surface area contributed by atoms with E-state index in [2.05, 4.69) is 4.72 Å². The molecule has 0 saturated heterocycles. The Morgan fingerprint density at radius 2 is 1.91 bits per heavy atom. The van der Waals surface area contributed by atoms with E-state index in [-0.39, 0.29) is 33.0 Å². The fraction of sp³-hybridized carbons (Fsp3) is 0.462. The van der Waals surface area contributed by atoms with Gasteiger partial charge in [-0.3, -0.25) is 4.79 Å². The summed E-state index contributed by atoms with van der Waals surface area (Å²) in [5.41, 5.74) is 0. The number of ether oxygens (including phenoxy) is 1. The molecule has 0 radical (unpaired) electrons. The Morgan fingerprint density at radius 3 is 2.36 bits per heavy atom. The predicted octanol–water partition coefficient (Wildman–Crippen LogP) is 2.78. The Hall–Kier alpha value is -1.02. The molecule has 1 aromatic carbocycles. The van der Waals surface area contributed by atoms with Crippen LogP contribution in [0.15, 0.2) is 17.0 Å². The van der Waals surface area contributed by atoms with Crippen molar-refractivity contribution < 1.29 is 23.1 Å². The zero-order chi connectivity index (χ0) is 17.1. The quantitative estimate of drug-likeness (QED) is 0.770. The maximum atomic E-state index is 12.3. The minimum atomic E-state index is -4.13. The molecule has 0 aliphatic heterocycles. The molecule has 0 aliphatic carbocycles. The highest BCUT2D eigenvalue weighted by molar-refractivity contribution is 7.89. The molecule has 1 atom stereocenters. The van der Waals surface area contributed by atoms with Gasteiger partial charge in [-0.15, -0.1) is 0 Å². The number of rotatable bonds is 7. The number of nitrogens with one attached hydrogen (secondary N) is 1. The van der Waals surface area contributed by atoms with E-state index >= 15 is 0 Å². The summed E-state index contributed by atoms with van der Waals surface area (Å²) in [4.78, 5) is 10.9. The average Bonchev–Trinajstić information content (AvgIpc) is 2.39. The lowest BCUT2D eigenvalue weighted by molar-refractivity contribution is -0.139. The zero-order valence-electron chi connectivity index (χ0n) is 12.3. The molecule has 0 amide bonds. The van der Waals surface area contributed by atoms with Gasteiger partial charge in [0.05, 0.1) is 17.2 Å². The molecule has 6 nitrogen and oxygen atoms in total. The molecule has 0 saturated carbocycles. The average molecular weight is 370 g/mol. The number of hydrogen-bond donors (Lipinski definition) is 2. The Bertz CT molecular complexity index is 661. The van der Waals surface area contributed by atoms with E-state index in [1.165, 1.54) is 13.2 Å². The van der Waals surface area contributed by atoms with Crippen LogP contribution in [0.25, 0.3) is 0 Å². The Kier molecular flexibility index (Phi) is 6.49. The smallest absolute Gasteiger partial charge is 0.321 e. The first-order valence-electron chi connectivity index (χ1n) is 6.36. The third kappa shape index (κ3) is 4.74. The molecule has 1 aromatic rings. The fourth-order valence-corrected chi connectivity index (χ4v) is 3.85. The van der Waals surface area contributed by atoms with Gasteiger partial charge in [0, 0.05) is 6.07 Å². The summed E-state index contributed by atoms with van der Waals surface area (Å²) >= 11 is 11.8. The van der Waals surface area contributed by atoms with Crippen molar-refractivity contribution in [3.8, 4) is 5.75 Å². The molecule has 0 heterocycles. The van der Waals surface area contributed by atoms with E-state index in [4.69, 9.17) is 33.0 Å². The van der Waals surface area contributed by atoms with Crippen LogP contribution in [0.1, 0.15) is 20.3 Å². The van der Waals surface area contributed by atoms with E-state index in [1.807, 2.05) is 0 Å². The topological polar surface area (TPSA) is 92.7 Å². The molecular formula is C13H17Cl2NO5S. The lowest BCUT2D eigenvalue weighted by atomic mass is 10.1. The van der Waals surface area contributed by atoms with Crippen molar-refractivity contribution in [2.45, 2.75) is 31.2 Å². The summed E-state index contributed by atoms with van der Waals surface area (Å²) in [5, 5.41) is 9.08. The molecule has 0 aliphatic rings. The van der Waals surface area contributed by atoms with E-state index < -0.39 is 22.0 Å². The van der Waals surface area contributed by atoms with E-state index in [0.29, 0.717) is 0 Å². The number of halogens is 2. The van der Waals surface area contributed by atoms with Crippen molar-refractivity contribution in [2.75, 3.05) is 7.11 Å². The highest BCUT2D eigenvalue weighted by Crippen LogP contribution is 2.33. The van der Waals surface area contributed by atoms with Crippen molar-refractivity contribution in [1.29, 1.82) is 0 Å². The molecular weight excluding hydrogens is 353 g/mol. The van der Waals surface area contributed by atoms with Crippen LogP contribution in [0.4, 0.5) is 0 Å². The number of sulfonamides is 1. The van der Waals surface area contributed by atoms with Crippen LogP contribution < -0.4 is 9.46 Å². The van der Waals surface area contributed by atoms with Crippen LogP contribution in [-0.4, -0.2) is 32.6 Å². The zero-order valence-corrected chi connectivity index (χ0v) is 14.6. The van der Waals surface area contributed by atoms with Crippen molar-refractivity contribution in [3.63, 3.8) is 0 Å². The number of carboxylic acids is 1. The number of hydrogen-bond acceptors (Lipinski definition) is 4. The third-order valence-electron chi connectivity index (χ3n) is 2.80. The maximum Gasteiger partial charge on any atom is 0.321 e. The molecule has 0 spiro atoms. The van der Waals surface area contributed by atoms with Gasteiger partial charge in [0.15, 0.2) is 0 Å². The summed E-state index contributed by atoms with van der Waals surface area (Å²) < 4.78 is 31.8. The molecule has 0 fully saturated rings. The van der Waals surface area contributed by atoms with Gasteiger partial charge < -0.3 is 9.84 Å². The highest BCUT2D eigenvalue weighted by Gasteiger charge is 2.28. The predicted molar refractivity (Wildman–Crippen MR) is 84.2 cm³/mol. The second-order valence-electron chi connectivity index (χ2n) is 5.06. The third-order valence-corrected chi connectivity index (χ3v) is 5.03. The van der Waals surface area contributed by atoms with E-state index in [9.17, 15) is 13.2 Å². The molecule has 124 valence electrons. The van der Waals surface area contributed by atoms with Crippen molar-refractivity contribution in [1.82, 2.24) is 4.72 Å². The lowest BCUT2D eigenvalue weighted by Crippen LogP contribution is -2.41. The van der Waals surface area contributed by atoms with Crippen LogP contribution in [0.3, 0.4) is 0 Å². The SMILES string of the molecule is COc1cc(Cl)c(S(=O)(=O)N[C@H](CC(C)C)C(=O)O)cc1Cl.